The standard InChI is InChI=1S/C31H30N6O5/c1-2-40-31-32-26-14-8-13-24(30(39)42-19-41-29(38)22-11-6-7-12-22)27(26)37(31)18-20-15-16-23(21-9-4-3-5-10-21)25(17-20)28-33-35-36-34-28/h3-5,8-10,13-17,22H,2,6-7,11-12,18-19H2,1H3,(H,33,34,35,36). The van der Waals surface area contributed by atoms with E-state index in [1.54, 1.807) is 12.1 Å². The lowest BCUT2D eigenvalue weighted by Crippen LogP contribution is -2.18. The van der Waals surface area contributed by atoms with Gasteiger partial charge in [0.1, 0.15) is 0 Å². The highest BCUT2D eigenvalue weighted by atomic mass is 16.7. The van der Waals surface area contributed by atoms with E-state index in [2.05, 4.69) is 25.6 Å². The first-order valence-corrected chi connectivity index (χ1v) is 14.0. The van der Waals surface area contributed by atoms with Gasteiger partial charge in [-0.2, -0.15) is 4.98 Å². The number of fused-ring (bicyclic) bond motifs is 1. The van der Waals surface area contributed by atoms with Crippen LogP contribution in [0.25, 0.3) is 33.5 Å². The number of nitrogens with zero attached hydrogens (tertiary/aromatic N) is 5. The van der Waals surface area contributed by atoms with Crippen molar-refractivity contribution in [2.75, 3.05) is 13.4 Å². The van der Waals surface area contributed by atoms with Crippen molar-refractivity contribution in [3.05, 3.63) is 77.9 Å². The van der Waals surface area contributed by atoms with Gasteiger partial charge in [0.25, 0.3) is 6.01 Å². The largest absolute Gasteiger partial charge is 0.465 e. The van der Waals surface area contributed by atoms with Gasteiger partial charge in [-0.25, -0.2) is 9.89 Å². The molecule has 5 aromatic rings. The van der Waals surface area contributed by atoms with Gasteiger partial charge in [0.15, 0.2) is 5.82 Å². The van der Waals surface area contributed by atoms with E-state index in [0.717, 1.165) is 47.9 Å². The number of aromatic amines is 1. The minimum atomic E-state index is -0.614. The highest BCUT2D eigenvalue weighted by Crippen LogP contribution is 2.33. The number of tetrazole rings is 1. The van der Waals surface area contributed by atoms with Crippen LogP contribution in [0.5, 0.6) is 6.01 Å². The number of carbonyl (C=O) groups excluding carboxylic acids is 2. The second-order valence-electron chi connectivity index (χ2n) is 10.1. The number of rotatable bonds is 10. The molecule has 1 N–H and O–H groups in total. The van der Waals surface area contributed by atoms with Crippen molar-refractivity contribution in [3.63, 3.8) is 0 Å². The molecule has 11 heteroatoms. The first kappa shape index (κ1) is 27.1. The Morgan fingerprint density at radius 2 is 1.81 bits per heavy atom. The van der Waals surface area contributed by atoms with Gasteiger partial charge in [0.05, 0.1) is 35.7 Å². The summed E-state index contributed by atoms with van der Waals surface area (Å²) in [6.45, 7) is 2.17. The molecule has 1 fully saturated rings. The summed E-state index contributed by atoms with van der Waals surface area (Å²) >= 11 is 0. The van der Waals surface area contributed by atoms with Crippen LogP contribution in [-0.4, -0.2) is 55.5 Å². The van der Waals surface area contributed by atoms with Crippen LogP contribution in [0.2, 0.25) is 0 Å². The Kier molecular flexibility index (Phi) is 7.89. The van der Waals surface area contributed by atoms with Crippen LogP contribution in [0.4, 0.5) is 0 Å². The van der Waals surface area contributed by atoms with Crippen molar-refractivity contribution in [2.24, 2.45) is 5.92 Å². The van der Waals surface area contributed by atoms with Crippen molar-refractivity contribution in [1.29, 1.82) is 0 Å². The van der Waals surface area contributed by atoms with Crippen LogP contribution in [0.15, 0.2) is 66.7 Å². The molecule has 3 aromatic carbocycles. The van der Waals surface area contributed by atoms with Gasteiger partial charge in [0.2, 0.25) is 6.79 Å². The number of aromatic nitrogens is 6. The third-order valence-electron chi connectivity index (χ3n) is 7.41. The Balaban J connectivity index is 1.32. The zero-order chi connectivity index (χ0) is 28.9. The van der Waals surface area contributed by atoms with E-state index in [1.165, 1.54) is 0 Å². The monoisotopic (exact) mass is 566 g/mol. The fraction of sp³-hybridized carbons (Fsp3) is 0.290. The minimum Gasteiger partial charge on any atom is -0.465 e. The Morgan fingerprint density at radius 1 is 0.976 bits per heavy atom. The summed E-state index contributed by atoms with van der Waals surface area (Å²) in [7, 11) is 0. The number of hydrogen-bond donors (Lipinski definition) is 1. The van der Waals surface area contributed by atoms with Crippen molar-refractivity contribution in [3.8, 4) is 28.5 Å². The van der Waals surface area contributed by atoms with Crippen LogP contribution in [0.3, 0.4) is 0 Å². The molecule has 0 aliphatic heterocycles. The zero-order valence-electron chi connectivity index (χ0n) is 23.2. The van der Waals surface area contributed by atoms with Crippen LogP contribution >= 0.6 is 0 Å². The number of carbonyl (C=O) groups is 2. The molecule has 6 rings (SSSR count). The van der Waals surface area contributed by atoms with E-state index in [0.29, 0.717) is 41.6 Å². The maximum absolute atomic E-state index is 13.2. The molecule has 0 unspecified atom stereocenters. The highest BCUT2D eigenvalue weighted by Gasteiger charge is 2.25. The van der Waals surface area contributed by atoms with Crippen LogP contribution in [0.1, 0.15) is 48.5 Å². The molecular weight excluding hydrogens is 536 g/mol. The first-order chi connectivity index (χ1) is 20.6. The Morgan fingerprint density at radius 3 is 2.57 bits per heavy atom. The van der Waals surface area contributed by atoms with E-state index in [1.807, 2.05) is 66.1 Å². The summed E-state index contributed by atoms with van der Waals surface area (Å²) in [5.41, 5.74) is 5.17. The summed E-state index contributed by atoms with van der Waals surface area (Å²) in [6, 6.07) is 21.6. The number of ether oxygens (including phenoxy) is 3. The van der Waals surface area contributed by atoms with E-state index in [-0.39, 0.29) is 11.9 Å². The predicted molar refractivity (Wildman–Crippen MR) is 153 cm³/mol. The van der Waals surface area contributed by atoms with E-state index >= 15 is 0 Å². The maximum Gasteiger partial charge on any atom is 0.343 e. The zero-order valence-corrected chi connectivity index (χ0v) is 23.2. The molecule has 42 heavy (non-hydrogen) atoms. The number of esters is 2. The quantitative estimate of drug-likeness (QED) is 0.179. The fourth-order valence-electron chi connectivity index (χ4n) is 5.42. The lowest BCUT2D eigenvalue weighted by molar-refractivity contribution is -0.156. The Bertz CT molecular complexity index is 1690. The van der Waals surface area contributed by atoms with Crippen molar-refractivity contribution in [1.82, 2.24) is 30.2 Å². The number of nitrogens with one attached hydrogen (secondary N) is 1. The van der Waals surface area contributed by atoms with Crippen LogP contribution in [-0.2, 0) is 20.8 Å². The molecule has 1 aliphatic rings. The van der Waals surface area contributed by atoms with Gasteiger partial charge in [-0.15, -0.1) is 5.10 Å². The normalized spacial score (nSPS) is 13.4. The van der Waals surface area contributed by atoms with E-state index in [4.69, 9.17) is 14.2 Å². The van der Waals surface area contributed by atoms with Crippen molar-refractivity contribution in [2.45, 2.75) is 39.2 Å². The summed E-state index contributed by atoms with van der Waals surface area (Å²) in [5, 5.41) is 14.6. The van der Waals surface area contributed by atoms with E-state index in [9.17, 15) is 9.59 Å². The maximum atomic E-state index is 13.2. The highest BCUT2D eigenvalue weighted by molar-refractivity contribution is 6.02. The summed E-state index contributed by atoms with van der Waals surface area (Å²) < 4.78 is 18.4. The van der Waals surface area contributed by atoms with Crippen molar-refractivity contribution < 1.29 is 23.8 Å². The molecule has 0 amide bonds. The second-order valence-corrected chi connectivity index (χ2v) is 10.1. The van der Waals surface area contributed by atoms with Crippen LogP contribution < -0.4 is 4.74 Å². The number of H-pyrrole nitrogens is 1. The van der Waals surface area contributed by atoms with Gasteiger partial charge in [-0.05, 0) is 65.1 Å². The topological polar surface area (TPSA) is 134 Å². The number of para-hydroxylation sites is 1. The SMILES string of the molecule is CCOc1nc2cccc(C(=O)OCOC(=O)C3CCCC3)c2n1Cc1ccc(-c2ccccc2)c(-c2nnn[nH]2)c1. The summed E-state index contributed by atoms with van der Waals surface area (Å²) in [5.74, 6) is -0.517. The van der Waals surface area contributed by atoms with Crippen LogP contribution in [0, 0.1) is 5.92 Å². The third-order valence-corrected chi connectivity index (χ3v) is 7.41. The lowest BCUT2D eigenvalue weighted by Gasteiger charge is -2.14. The van der Waals surface area contributed by atoms with Gasteiger partial charge >= 0.3 is 11.9 Å². The van der Waals surface area contributed by atoms with Gasteiger partial charge in [0, 0.05) is 5.56 Å². The molecule has 0 radical (unpaired) electrons. The summed E-state index contributed by atoms with van der Waals surface area (Å²) in [4.78, 5) is 30.1. The molecule has 11 nitrogen and oxygen atoms in total. The minimum absolute atomic E-state index is 0.117. The molecule has 0 spiro atoms. The molecule has 0 bridgehead atoms. The van der Waals surface area contributed by atoms with E-state index < -0.39 is 12.8 Å². The molecule has 0 atom stereocenters. The van der Waals surface area contributed by atoms with Crippen molar-refractivity contribution >= 4 is 23.0 Å². The summed E-state index contributed by atoms with van der Waals surface area (Å²) in [6.07, 6.45) is 3.65. The fourth-order valence-corrected chi connectivity index (χ4v) is 5.42. The van der Waals surface area contributed by atoms with Gasteiger partial charge in [-0.3, -0.25) is 9.36 Å². The third kappa shape index (κ3) is 5.58. The second kappa shape index (κ2) is 12.2. The molecule has 0 saturated heterocycles. The first-order valence-electron chi connectivity index (χ1n) is 14.0. The average molecular weight is 567 g/mol. The molecule has 1 saturated carbocycles. The number of imidazole rings is 1. The molecule has 2 aromatic heterocycles. The molecule has 214 valence electrons. The van der Waals surface area contributed by atoms with Gasteiger partial charge < -0.3 is 14.2 Å². The smallest absolute Gasteiger partial charge is 0.343 e. The average Bonchev–Trinajstić information content (AvgIpc) is 3.80. The molecular formula is C31H30N6O5. The Hall–Kier alpha value is -5.06. The molecule has 1 aliphatic carbocycles. The van der Waals surface area contributed by atoms with Gasteiger partial charge in [-0.1, -0.05) is 61.4 Å². The lowest BCUT2D eigenvalue weighted by atomic mass is 9.97. The predicted octanol–water partition coefficient (Wildman–Crippen LogP) is 5.18. The Labute approximate surface area is 241 Å². The number of hydrogen-bond acceptors (Lipinski definition) is 9. The molecule has 2 heterocycles. The number of benzene rings is 3.